The van der Waals surface area contributed by atoms with Gasteiger partial charge in [0.1, 0.15) is 5.15 Å². The number of nitrogens with zero attached hydrogens (tertiary/aromatic N) is 2. The molecule has 132 valence electrons. The highest BCUT2D eigenvalue weighted by atomic mass is 35.5. The molecule has 0 aliphatic carbocycles. The molecule has 0 saturated carbocycles. The molecule has 2 heterocycles. The predicted molar refractivity (Wildman–Crippen MR) is 102 cm³/mol. The molecule has 25 heavy (non-hydrogen) atoms. The Bertz CT molecular complexity index is 740. The van der Waals surface area contributed by atoms with Crippen LogP contribution in [0.1, 0.15) is 22.8 Å². The minimum atomic E-state index is -0.184. The van der Waals surface area contributed by atoms with Crippen molar-refractivity contribution in [3.05, 3.63) is 52.8 Å². The van der Waals surface area contributed by atoms with Gasteiger partial charge in [0, 0.05) is 17.6 Å². The van der Waals surface area contributed by atoms with Gasteiger partial charge in [-0.15, -0.1) is 0 Å². The van der Waals surface area contributed by atoms with Gasteiger partial charge in [-0.2, -0.15) is 0 Å². The minimum absolute atomic E-state index is 0.184. The number of carbonyl (C=O) groups is 1. The number of quaternary nitrogens is 1. The molecule has 1 aliphatic heterocycles. The van der Waals surface area contributed by atoms with Crippen LogP contribution in [0.15, 0.2) is 36.5 Å². The second-order valence-corrected chi connectivity index (χ2v) is 6.80. The molecular formula is C19H24ClN4O+. The number of aromatic nitrogens is 1. The maximum atomic E-state index is 12.3. The molecule has 0 atom stereocenters. The fourth-order valence-electron chi connectivity index (χ4n) is 3.22. The van der Waals surface area contributed by atoms with E-state index in [1.165, 1.54) is 37.1 Å². The molecule has 5 nitrogen and oxygen atoms in total. The third-order valence-corrected chi connectivity index (χ3v) is 4.98. The van der Waals surface area contributed by atoms with E-state index in [1.807, 2.05) is 12.1 Å². The van der Waals surface area contributed by atoms with Crippen molar-refractivity contribution >= 4 is 28.9 Å². The Kier molecular flexibility index (Phi) is 5.56. The predicted octanol–water partition coefficient (Wildman–Crippen LogP) is 2.02. The van der Waals surface area contributed by atoms with Crippen molar-refractivity contribution < 1.29 is 9.69 Å². The third-order valence-electron chi connectivity index (χ3n) is 4.76. The van der Waals surface area contributed by atoms with Crippen LogP contribution in [-0.2, 0) is 0 Å². The first-order chi connectivity index (χ1) is 12.1. The molecule has 6 heteroatoms. The van der Waals surface area contributed by atoms with Crippen molar-refractivity contribution in [3.8, 4) is 0 Å². The van der Waals surface area contributed by atoms with Crippen LogP contribution in [0.3, 0.4) is 0 Å². The van der Waals surface area contributed by atoms with Crippen molar-refractivity contribution in [2.45, 2.75) is 13.8 Å². The Hall–Kier alpha value is -2.11. The number of nitrogens with one attached hydrogen (secondary N) is 2. The number of benzene rings is 1. The van der Waals surface area contributed by atoms with Gasteiger partial charge in [0.2, 0.25) is 0 Å². The number of piperazine rings is 1. The molecule has 1 aromatic heterocycles. The van der Waals surface area contributed by atoms with Gasteiger partial charge < -0.3 is 15.1 Å². The van der Waals surface area contributed by atoms with E-state index in [0.29, 0.717) is 10.7 Å². The summed E-state index contributed by atoms with van der Waals surface area (Å²) < 4.78 is 0. The summed E-state index contributed by atoms with van der Waals surface area (Å²) in [4.78, 5) is 20.3. The number of aryl methyl sites for hydroxylation is 1. The lowest BCUT2D eigenvalue weighted by molar-refractivity contribution is -0.898. The average molecular weight is 360 g/mol. The van der Waals surface area contributed by atoms with Crippen molar-refractivity contribution in [3.63, 3.8) is 0 Å². The first-order valence-corrected chi connectivity index (χ1v) is 9.06. The zero-order chi connectivity index (χ0) is 17.8. The molecule has 2 aromatic rings. The second-order valence-electron chi connectivity index (χ2n) is 6.42. The first-order valence-electron chi connectivity index (χ1n) is 8.69. The molecule has 0 unspecified atom stereocenters. The van der Waals surface area contributed by atoms with Gasteiger partial charge in [0.05, 0.1) is 38.3 Å². The van der Waals surface area contributed by atoms with Crippen molar-refractivity contribution in [2.24, 2.45) is 0 Å². The van der Waals surface area contributed by atoms with Gasteiger partial charge in [-0.3, -0.25) is 4.79 Å². The molecule has 1 saturated heterocycles. The highest BCUT2D eigenvalue weighted by Gasteiger charge is 2.20. The van der Waals surface area contributed by atoms with E-state index in [4.69, 9.17) is 11.6 Å². The van der Waals surface area contributed by atoms with Crippen molar-refractivity contribution in [2.75, 3.05) is 42.9 Å². The molecule has 1 fully saturated rings. The Labute approximate surface area is 153 Å². The number of likely N-dealkylation sites (N-methyl/N-ethyl adjacent to an activating group) is 1. The highest BCUT2D eigenvalue weighted by molar-refractivity contribution is 6.29. The van der Waals surface area contributed by atoms with Gasteiger partial charge in [-0.25, -0.2) is 4.98 Å². The van der Waals surface area contributed by atoms with E-state index in [-0.39, 0.29) is 5.91 Å². The SMILES string of the molecule is CC[NH+]1CCN(c2ccc(NC(=O)c3ccc(Cl)nc3)cc2C)CC1. The fraction of sp³-hybridized carbons (Fsp3) is 0.368. The van der Waals surface area contributed by atoms with E-state index in [0.717, 1.165) is 18.8 Å². The van der Waals surface area contributed by atoms with Crippen LogP contribution in [0.25, 0.3) is 0 Å². The van der Waals surface area contributed by atoms with Crippen LogP contribution in [0.4, 0.5) is 11.4 Å². The zero-order valence-corrected chi connectivity index (χ0v) is 15.4. The van der Waals surface area contributed by atoms with E-state index in [2.05, 4.69) is 35.1 Å². The number of halogens is 1. The topological polar surface area (TPSA) is 49.7 Å². The Morgan fingerprint density at radius 1 is 1.28 bits per heavy atom. The lowest BCUT2D eigenvalue weighted by Gasteiger charge is -2.34. The minimum Gasteiger partial charge on any atom is -0.360 e. The quantitative estimate of drug-likeness (QED) is 0.821. The molecule has 1 amide bonds. The molecular weight excluding hydrogens is 336 g/mol. The average Bonchev–Trinajstić information content (AvgIpc) is 2.62. The number of anilines is 2. The van der Waals surface area contributed by atoms with Gasteiger partial charge in [-0.05, 0) is 49.7 Å². The smallest absolute Gasteiger partial charge is 0.257 e. The fourth-order valence-corrected chi connectivity index (χ4v) is 3.33. The summed E-state index contributed by atoms with van der Waals surface area (Å²) in [5.74, 6) is -0.184. The summed E-state index contributed by atoms with van der Waals surface area (Å²) >= 11 is 5.76. The van der Waals surface area contributed by atoms with Crippen LogP contribution in [0.5, 0.6) is 0 Å². The summed E-state index contributed by atoms with van der Waals surface area (Å²) in [6.07, 6.45) is 1.48. The number of rotatable bonds is 4. The van der Waals surface area contributed by atoms with Crippen LogP contribution >= 0.6 is 11.6 Å². The van der Waals surface area contributed by atoms with Crippen LogP contribution < -0.4 is 15.1 Å². The van der Waals surface area contributed by atoms with Gasteiger partial charge in [0.25, 0.3) is 5.91 Å². The summed E-state index contributed by atoms with van der Waals surface area (Å²) in [6.45, 7) is 10.0. The Balaban J connectivity index is 1.67. The van der Waals surface area contributed by atoms with Gasteiger partial charge in [-0.1, -0.05) is 11.6 Å². The maximum Gasteiger partial charge on any atom is 0.257 e. The number of carbonyl (C=O) groups excluding carboxylic acids is 1. The number of hydrogen-bond acceptors (Lipinski definition) is 3. The lowest BCUT2D eigenvalue weighted by Crippen LogP contribution is -3.14. The molecule has 0 spiro atoms. The number of amides is 1. The van der Waals surface area contributed by atoms with Gasteiger partial charge in [0.15, 0.2) is 0 Å². The summed E-state index contributed by atoms with van der Waals surface area (Å²) in [6, 6.07) is 9.37. The van der Waals surface area contributed by atoms with Crippen LogP contribution in [-0.4, -0.2) is 43.6 Å². The summed E-state index contributed by atoms with van der Waals surface area (Å²) in [7, 11) is 0. The van der Waals surface area contributed by atoms with Crippen LogP contribution in [0.2, 0.25) is 5.15 Å². The van der Waals surface area contributed by atoms with E-state index >= 15 is 0 Å². The lowest BCUT2D eigenvalue weighted by atomic mass is 10.1. The van der Waals surface area contributed by atoms with Crippen molar-refractivity contribution in [1.82, 2.24) is 4.98 Å². The van der Waals surface area contributed by atoms with Crippen LogP contribution in [0, 0.1) is 6.92 Å². The molecule has 1 aromatic carbocycles. The number of hydrogen-bond donors (Lipinski definition) is 2. The second kappa shape index (κ2) is 7.85. The molecule has 2 N–H and O–H groups in total. The Morgan fingerprint density at radius 2 is 2.04 bits per heavy atom. The highest BCUT2D eigenvalue weighted by Crippen LogP contribution is 2.24. The molecule has 3 rings (SSSR count). The first kappa shape index (κ1) is 17.7. The summed E-state index contributed by atoms with van der Waals surface area (Å²) in [5.41, 5.74) is 3.71. The zero-order valence-electron chi connectivity index (χ0n) is 14.7. The standard InChI is InChI=1S/C19H23ClN4O/c1-3-23-8-10-24(11-9-23)17-6-5-16(12-14(17)2)22-19(25)15-4-7-18(20)21-13-15/h4-7,12-13H,3,8-11H2,1-2H3,(H,22,25)/p+1. The summed E-state index contributed by atoms with van der Waals surface area (Å²) in [5, 5.41) is 3.30. The normalized spacial score (nSPS) is 15.2. The van der Waals surface area contributed by atoms with E-state index < -0.39 is 0 Å². The third kappa shape index (κ3) is 4.30. The maximum absolute atomic E-state index is 12.3. The molecule has 1 aliphatic rings. The van der Waals surface area contributed by atoms with Gasteiger partial charge >= 0.3 is 0 Å². The molecule has 0 radical (unpaired) electrons. The Morgan fingerprint density at radius 3 is 2.64 bits per heavy atom. The van der Waals surface area contributed by atoms with E-state index in [1.54, 1.807) is 17.0 Å². The van der Waals surface area contributed by atoms with Crippen molar-refractivity contribution in [1.29, 1.82) is 0 Å². The number of pyridine rings is 1. The monoisotopic (exact) mass is 359 g/mol. The van der Waals surface area contributed by atoms with E-state index in [9.17, 15) is 4.79 Å². The molecule has 0 bridgehead atoms. The largest absolute Gasteiger partial charge is 0.360 e.